The fourth-order valence-corrected chi connectivity index (χ4v) is 4.21. The van der Waals surface area contributed by atoms with Gasteiger partial charge in [0.05, 0.1) is 18.5 Å². The van der Waals surface area contributed by atoms with Gasteiger partial charge in [0.1, 0.15) is 0 Å². The fourth-order valence-electron chi connectivity index (χ4n) is 4.21. The molecule has 4 amide bonds. The Labute approximate surface area is 165 Å². The van der Waals surface area contributed by atoms with E-state index in [0.717, 1.165) is 51.9 Å². The van der Waals surface area contributed by atoms with Gasteiger partial charge in [-0.15, -0.1) is 0 Å². The Kier molecular flexibility index (Phi) is 6.88. The third-order valence-electron chi connectivity index (χ3n) is 5.98. The maximum atomic E-state index is 12.8. The lowest BCUT2D eigenvalue weighted by Gasteiger charge is -2.27. The van der Waals surface area contributed by atoms with E-state index in [9.17, 15) is 19.2 Å². The van der Waals surface area contributed by atoms with Crippen molar-refractivity contribution in [3.05, 3.63) is 0 Å². The highest BCUT2D eigenvalue weighted by Crippen LogP contribution is 2.30. The molecule has 3 rings (SSSR count). The first kappa shape index (κ1) is 20.6. The van der Waals surface area contributed by atoms with Crippen LogP contribution in [0.1, 0.15) is 38.5 Å². The van der Waals surface area contributed by atoms with Crippen LogP contribution in [0.5, 0.6) is 0 Å². The molecule has 0 aromatic rings. The van der Waals surface area contributed by atoms with E-state index < -0.39 is 5.41 Å². The molecular weight excluding hydrogens is 362 g/mol. The average Bonchev–Trinajstić information content (AvgIpc) is 3.45. The van der Waals surface area contributed by atoms with Crippen LogP contribution in [0.25, 0.3) is 0 Å². The summed E-state index contributed by atoms with van der Waals surface area (Å²) < 4.78 is 0. The van der Waals surface area contributed by atoms with Gasteiger partial charge in [0.15, 0.2) is 0 Å². The van der Waals surface area contributed by atoms with Crippen molar-refractivity contribution >= 4 is 23.6 Å². The molecule has 0 radical (unpaired) electrons. The second-order valence-corrected chi connectivity index (χ2v) is 8.02. The van der Waals surface area contributed by atoms with E-state index in [-0.39, 0.29) is 43.1 Å². The predicted octanol–water partition coefficient (Wildman–Crippen LogP) is -1.17. The van der Waals surface area contributed by atoms with Crippen molar-refractivity contribution in [1.82, 2.24) is 25.8 Å². The van der Waals surface area contributed by atoms with Crippen LogP contribution >= 0.6 is 0 Å². The second kappa shape index (κ2) is 9.36. The number of carbonyl (C=O) groups is 4. The zero-order valence-corrected chi connectivity index (χ0v) is 16.4. The lowest BCUT2D eigenvalue weighted by molar-refractivity contribution is -0.138. The Morgan fingerprint density at radius 1 is 0.821 bits per heavy atom. The second-order valence-electron chi connectivity index (χ2n) is 8.02. The first-order valence-electron chi connectivity index (χ1n) is 10.3. The van der Waals surface area contributed by atoms with E-state index in [4.69, 9.17) is 0 Å². The standard InChI is InChI=1S/C19H31N5O4/c25-15(21-12-16(26)23-7-1-2-8-23)11-19(5-6-20-14-19)18(28)22-13-17(27)24-9-3-4-10-24/h20H,1-14H2,(H,21,25)(H,22,28). The molecule has 0 spiro atoms. The van der Waals surface area contributed by atoms with E-state index in [0.29, 0.717) is 19.5 Å². The summed E-state index contributed by atoms with van der Waals surface area (Å²) in [4.78, 5) is 53.0. The normalized spacial score (nSPS) is 24.4. The molecule has 0 aromatic carbocycles. The van der Waals surface area contributed by atoms with Crippen LogP contribution < -0.4 is 16.0 Å². The summed E-state index contributed by atoms with van der Waals surface area (Å²) in [5.74, 6) is -0.735. The number of hydrogen-bond donors (Lipinski definition) is 3. The molecule has 9 heteroatoms. The van der Waals surface area contributed by atoms with Crippen molar-refractivity contribution in [2.45, 2.75) is 38.5 Å². The smallest absolute Gasteiger partial charge is 0.241 e. The molecule has 1 unspecified atom stereocenters. The summed E-state index contributed by atoms with van der Waals surface area (Å²) in [6, 6.07) is 0. The molecule has 3 aliphatic heterocycles. The molecule has 0 bridgehead atoms. The molecule has 0 aliphatic carbocycles. The summed E-state index contributed by atoms with van der Waals surface area (Å²) >= 11 is 0. The van der Waals surface area contributed by atoms with Crippen molar-refractivity contribution in [3.63, 3.8) is 0 Å². The van der Waals surface area contributed by atoms with Crippen LogP contribution in [0, 0.1) is 5.41 Å². The van der Waals surface area contributed by atoms with Crippen LogP contribution in [0.3, 0.4) is 0 Å². The van der Waals surface area contributed by atoms with E-state index in [1.165, 1.54) is 0 Å². The number of amides is 4. The van der Waals surface area contributed by atoms with Crippen molar-refractivity contribution in [2.24, 2.45) is 5.41 Å². The number of hydrogen-bond acceptors (Lipinski definition) is 5. The topological polar surface area (TPSA) is 111 Å². The monoisotopic (exact) mass is 393 g/mol. The van der Waals surface area contributed by atoms with Gasteiger partial charge in [0.25, 0.3) is 0 Å². The molecule has 9 nitrogen and oxygen atoms in total. The summed E-state index contributed by atoms with van der Waals surface area (Å²) in [5, 5.41) is 8.53. The molecule has 3 aliphatic rings. The number of nitrogens with one attached hydrogen (secondary N) is 3. The van der Waals surface area contributed by atoms with Crippen LogP contribution in [0.15, 0.2) is 0 Å². The molecule has 28 heavy (non-hydrogen) atoms. The van der Waals surface area contributed by atoms with Gasteiger partial charge in [-0.05, 0) is 38.6 Å². The van der Waals surface area contributed by atoms with Crippen molar-refractivity contribution in [1.29, 1.82) is 0 Å². The van der Waals surface area contributed by atoms with Crippen LogP contribution in [0.2, 0.25) is 0 Å². The molecule has 3 heterocycles. The number of carbonyl (C=O) groups excluding carboxylic acids is 4. The van der Waals surface area contributed by atoms with Gasteiger partial charge < -0.3 is 25.8 Å². The highest BCUT2D eigenvalue weighted by atomic mass is 16.2. The van der Waals surface area contributed by atoms with E-state index >= 15 is 0 Å². The number of likely N-dealkylation sites (tertiary alicyclic amines) is 2. The minimum Gasteiger partial charge on any atom is -0.347 e. The summed E-state index contributed by atoms with van der Waals surface area (Å²) in [6.45, 7) is 3.96. The highest BCUT2D eigenvalue weighted by molar-refractivity contribution is 5.93. The molecule has 156 valence electrons. The quantitative estimate of drug-likeness (QED) is 0.505. The zero-order valence-electron chi connectivity index (χ0n) is 16.4. The number of rotatable bonds is 7. The van der Waals surface area contributed by atoms with Crippen LogP contribution in [-0.2, 0) is 19.2 Å². The van der Waals surface area contributed by atoms with E-state index in [1.54, 1.807) is 9.80 Å². The lowest BCUT2D eigenvalue weighted by Crippen LogP contribution is -2.49. The molecular formula is C19H31N5O4. The summed E-state index contributed by atoms with van der Waals surface area (Å²) in [5.41, 5.74) is -0.869. The van der Waals surface area contributed by atoms with Gasteiger partial charge in [-0.3, -0.25) is 19.2 Å². The van der Waals surface area contributed by atoms with Crippen molar-refractivity contribution in [2.75, 3.05) is 52.4 Å². The minimum absolute atomic E-state index is 0.0109. The molecule has 0 saturated carbocycles. The van der Waals surface area contributed by atoms with Gasteiger partial charge in [-0.25, -0.2) is 0 Å². The van der Waals surface area contributed by atoms with Gasteiger partial charge in [-0.2, -0.15) is 0 Å². The summed E-state index contributed by atoms with van der Waals surface area (Å²) in [7, 11) is 0. The van der Waals surface area contributed by atoms with Gasteiger partial charge in [0.2, 0.25) is 23.6 Å². The largest absolute Gasteiger partial charge is 0.347 e. The van der Waals surface area contributed by atoms with Crippen LogP contribution in [-0.4, -0.2) is 85.8 Å². The average molecular weight is 393 g/mol. The molecule has 1 atom stereocenters. The summed E-state index contributed by atoms with van der Waals surface area (Å²) in [6.07, 6.45) is 4.56. The Morgan fingerprint density at radius 3 is 1.86 bits per heavy atom. The molecule has 3 saturated heterocycles. The SMILES string of the molecule is O=C(CC1(C(=O)NCC(=O)N2CCCC2)CCNC1)NCC(=O)N1CCCC1. The third-order valence-corrected chi connectivity index (χ3v) is 5.98. The Bertz CT molecular complexity index is 605. The van der Waals surface area contributed by atoms with E-state index in [2.05, 4.69) is 16.0 Å². The Morgan fingerprint density at radius 2 is 1.36 bits per heavy atom. The molecule has 3 fully saturated rings. The first-order valence-corrected chi connectivity index (χ1v) is 10.3. The minimum atomic E-state index is -0.869. The number of nitrogens with zero attached hydrogens (tertiary/aromatic N) is 2. The zero-order chi connectivity index (χ0) is 20.0. The van der Waals surface area contributed by atoms with Gasteiger partial charge in [-0.1, -0.05) is 0 Å². The lowest BCUT2D eigenvalue weighted by atomic mass is 9.82. The van der Waals surface area contributed by atoms with Crippen molar-refractivity contribution in [3.8, 4) is 0 Å². The predicted molar refractivity (Wildman–Crippen MR) is 102 cm³/mol. The van der Waals surface area contributed by atoms with E-state index in [1.807, 2.05) is 0 Å². The highest BCUT2D eigenvalue weighted by Gasteiger charge is 2.43. The fraction of sp³-hybridized carbons (Fsp3) is 0.789. The molecule has 0 aromatic heterocycles. The third kappa shape index (κ3) is 5.01. The van der Waals surface area contributed by atoms with Gasteiger partial charge in [0, 0.05) is 39.1 Å². The van der Waals surface area contributed by atoms with Gasteiger partial charge >= 0.3 is 0 Å². The Balaban J connectivity index is 1.47. The first-order chi connectivity index (χ1) is 13.5. The maximum Gasteiger partial charge on any atom is 0.241 e. The van der Waals surface area contributed by atoms with Crippen LogP contribution in [0.4, 0.5) is 0 Å². The molecule has 3 N–H and O–H groups in total. The Hall–Kier alpha value is -2.16. The maximum absolute atomic E-state index is 12.8. The van der Waals surface area contributed by atoms with Crippen molar-refractivity contribution < 1.29 is 19.2 Å².